The van der Waals surface area contributed by atoms with Crippen LogP contribution in [0.4, 0.5) is 13.2 Å². The molecule has 0 aliphatic carbocycles. The van der Waals surface area contributed by atoms with E-state index in [-0.39, 0.29) is 41.4 Å². The summed E-state index contributed by atoms with van der Waals surface area (Å²) in [5, 5.41) is 5.48. The molecule has 2 aromatic carbocycles. The second kappa shape index (κ2) is 12.6. The Balaban J connectivity index is 1.50. The zero-order valence-corrected chi connectivity index (χ0v) is 26.6. The molecule has 5 aromatic rings. The lowest BCUT2D eigenvalue weighted by Gasteiger charge is -2.24. The number of thiophene rings is 1. The van der Waals surface area contributed by atoms with Gasteiger partial charge in [-0.15, -0.1) is 22.7 Å². The van der Waals surface area contributed by atoms with Crippen molar-refractivity contribution in [2.24, 2.45) is 0 Å². The van der Waals surface area contributed by atoms with E-state index in [4.69, 9.17) is 19.4 Å². The first-order chi connectivity index (χ1) is 22.4. The largest absolute Gasteiger partial charge is 0.490 e. The highest BCUT2D eigenvalue weighted by Crippen LogP contribution is 2.49. The zero-order chi connectivity index (χ0) is 31.9. The fraction of sp³-hybridized carbons (Fsp3) is 0.265. The number of hydrogen-bond acceptors (Lipinski definition) is 8. The minimum Gasteiger partial charge on any atom is -0.490 e. The van der Waals surface area contributed by atoms with Crippen molar-refractivity contribution in [1.82, 2.24) is 20.2 Å². The number of pyridine rings is 1. The molecular weight excluding hydrogens is 634 g/mol. The number of carbonyl (C=O) groups is 1. The van der Waals surface area contributed by atoms with E-state index in [0.29, 0.717) is 40.6 Å². The van der Waals surface area contributed by atoms with Gasteiger partial charge in [-0.05, 0) is 36.2 Å². The predicted molar refractivity (Wildman–Crippen MR) is 174 cm³/mol. The molecule has 0 radical (unpaired) electrons. The Morgan fingerprint density at radius 1 is 1.07 bits per heavy atom. The second-order valence-electron chi connectivity index (χ2n) is 11.1. The summed E-state index contributed by atoms with van der Waals surface area (Å²) in [4.78, 5) is 25.0. The van der Waals surface area contributed by atoms with Gasteiger partial charge < -0.3 is 19.7 Å². The monoisotopic (exact) mass is 662 g/mol. The molecule has 12 heteroatoms. The lowest BCUT2D eigenvalue weighted by molar-refractivity contribution is -0.126. The average Bonchev–Trinajstić information content (AvgIpc) is 3.67. The van der Waals surface area contributed by atoms with Crippen LogP contribution in [0.2, 0.25) is 0 Å². The molecule has 236 valence electrons. The van der Waals surface area contributed by atoms with Gasteiger partial charge in [0.25, 0.3) is 0 Å². The number of fused-ring (bicyclic) bond motifs is 3. The van der Waals surface area contributed by atoms with Crippen LogP contribution in [0.1, 0.15) is 21.7 Å². The first kappa shape index (κ1) is 30.5. The smallest absolute Gasteiger partial charge is 0.246 e. The van der Waals surface area contributed by atoms with Gasteiger partial charge in [0.15, 0.2) is 0 Å². The van der Waals surface area contributed by atoms with Gasteiger partial charge in [-0.1, -0.05) is 18.7 Å². The van der Waals surface area contributed by atoms with Gasteiger partial charge in [0.1, 0.15) is 40.5 Å². The van der Waals surface area contributed by atoms with Crippen molar-refractivity contribution >= 4 is 38.7 Å². The van der Waals surface area contributed by atoms with Crippen molar-refractivity contribution in [3.05, 3.63) is 87.5 Å². The van der Waals surface area contributed by atoms with E-state index in [1.54, 1.807) is 4.90 Å². The van der Waals surface area contributed by atoms with Crippen LogP contribution in [0.5, 0.6) is 5.75 Å². The fourth-order valence-electron chi connectivity index (χ4n) is 6.05. The molecule has 0 unspecified atom stereocenters. The van der Waals surface area contributed by atoms with Crippen LogP contribution in [-0.2, 0) is 35.5 Å². The van der Waals surface area contributed by atoms with Crippen LogP contribution in [0.25, 0.3) is 43.2 Å². The summed E-state index contributed by atoms with van der Waals surface area (Å²) in [6.07, 6.45) is 2.64. The highest BCUT2D eigenvalue weighted by atomic mass is 32.1. The normalized spacial score (nSPS) is 14.3. The van der Waals surface area contributed by atoms with Crippen LogP contribution in [0, 0.1) is 17.5 Å². The number of aromatic nitrogens is 2. The molecule has 0 fully saturated rings. The summed E-state index contributed by atoms with van der Waals surface area (Å²) >= 11 is 2.47. The number of halogens is 3. The lowest BCUT2D eigenvalue weighted by Crippen LogP contribution is -2.34. The van der Waals surface area contributed by atoms with E-state index >= 15 is 8.78 Å². The molecular formula is C34H29F3N4O3S2. The highest BCUT2D eigenvalue weighted by Gasteiger charge is 2.30. The first-order valence-electron chi connectivity index (χ1n) is 14.8. The van der Waals surface area contributed by atoms with Gasteiger partial charge in [0.05, 0.1) is 35.5 Å². The van der Waals surface area contributed by atoms with Crippen molar-refractivity contribution in [2.75, 3.05) is 33.4 Å². The molecule has 46 heavy (non-hydrogen) atoms. The van der Waals surface area contributed by atoms with Crippen LogP contribution >= 0.6 is 22.7 Å². The van der Waals surface area contributed by atoms with Crippen LogP contribution in [0.15, 0.2) is 48.4 Å². The van der Waals surface area contributed by atoms with Gasteiger partial charge in [0.2, 0.25) is 5.91 Å². The standard InChI is InChI=1S/C34H29F3N4O3S2/c1-3-27(42)41-9-7-24-26(16-41)46-34(39-24)32-30(28-22(36)13-21(35)14-25(28)44-11-10-43-2)33-29(23(37)17-45-33)31(40-32)19-4-5-20-15-38-8-6-18(20)12-19/h3-5,12-14,17,38H,1,6-11,15-16H2,2H3. The minimum atomic E-state index is -0.872. The number of hydrogen-bond donors (Lipinski definition) is 1. The van der Waals surface area contributed by atoms with Crippen LogP contribution in [-0.4, -0.2) is 54.2 Å². The molecule has 2 aliphatic rings. The summed E-state index contributed by atoms with van der Waals surface area (Å²) in [6, 6.07) is 7.90. The van der Waals surface area contributed by atoms with E-state index in [9.17, 15) is 9.18 Å². The first-order valence-corrected chi connectivity index (χ1v) is 16.5. The van der Waals surface area contributed by atoms with Gasteiger partial charge in [0, 0.05) is 64.8 Å². The molecule has 5 heterocycles. The third-order valence-electron chi connectivity index (χ3n) is 8.27. The quantitative estimate of drug-likeness (QED) is 0.144. The maximum atomic E-state index is 16.0. The third kappa shape index (κ3) is 5.49. The van der Waals surface area contributed by atoms with Crippen molar-refractivity contribution in [3.63, 3.8) is 0 Å². The molecule has 7 nitrogen and oxygen atoms in total. The Morgan fingerprint density at radius 2 is 1.93 bits per heavy atom. The number of carbonyl (C=O) groups excluding carboxylic acids is 1. The molecule has 0 atom stereocenters. The lowest BCUT2D eigenvalue weighted by atomic mass is 9.94. The van der Waals surface area contributed by atoms with Crippen LogP contribution < -0.4 is 10.1 Å². The number of methoxy groups -OCH3 is 1. The predicted octanol–water partition coefficient (Wildman–Crippen LogP) is 6.91. The zero-order valence-electron chi connectivity index (χ0n) is 24.9. The molecule has 3 aromatic heterocycles. The SMILES string of the molecule is C=CC(=O)N1CCc2nc(-c3nc(-c4ccc5c(c4)CCNC5)c4c(F)csc4c3-c3c(F)cc(F)cc3OCCOC)sc2C1. The molecule has 1 amide bonds. The van der Waals surface area contributed by atoms with Crippen LogP contribution in [0.3, 0.4) is 0 Å². The molecule has 1 N–H and O–H groups in total. The summed E-state index contributed by atoms with van der Waals surface area (Å²) in [5.41, 5.74) is 4.85. The number of thiazole rings is 1. The minimum absolute atomic E-state index is 0.0356. The summed E-state index contributed by atoms with van der Waals surface area (Å²) in [6.45, 7) is 6.26. The summed E-state index contributed by atoms with van der Waals surface area (Å²) in [5.74, 6) is -2.40. The van der Waals surface area contributed by atoms with Gasteiger partial charge in [-0.3, -0.25) is 4.79 Å². The van der Waals surface area contributed by atoms with E-state index < -0.39 is 17.5 Å². The van der Waals surface area contributed by atoms with E-state index in [1.165, 1.54) is 35.5 Å². The number of rotatable bonds is 8. The van der Waals surface area contributed by atoms with Crippen molar-refractivity contribution in [2.45, 2.75) is 25.9 Å². The maximum Gasteiger partial charge on any atom is 0.246 e. The highest BCUT2D eigenvalue weighted by molar-refractivity contribution is 7.18. The Kier molecular flexibility index (Phi) is 8.36. The van der Waals surface area contributed by atoms with Gasteiger partial charge in [-0.2, -0.15) is 0 Å². The van der Waals surface area contributed by atoms with E-state index in [2.05, 4.69) is 11.9 Å². The fourth-order valence-corrected chi connectivity index (χ4v) is 8.14. The summed E-state index contributed by atoms with van der Waals surface area (Å²) < 4.78 is 57.8. The van der Waals surface area contributed by atoms with Crippen molar-refractivity contribution in [3.8, 4) is 38.8 Å². The van der Waals surface area contributed by atoms with Crippen molar-refractivity contribution < 1.29 is 27.4 Å². The Morgan fingerprint density at radius 3 is 2.76 bits per heavy atom. The molecule has 0 spiro atoms. The maximum absolute atomic E-state index is 16.0. The number of nitrogens with zero attached hydrogens (tertiary/aromatic N) is 3. The van der Waals surface area contributed by atoms with E-state index in [1.807, 2.05) is 18.2 Å². The molecule has 0 saturated heterocycles. The average molecular weight is 663 g/mol. The Hall–Kier alpha value is -4.10. The number of benzene rings is 2. The van der Waals surface area contributed by atoms with Gasteiger partial charge in [-0.25, -0.2) is 23.1 Å². The number of amides is 1. The molecule has 7 rings (SSSR count). The second-order valence-corrected chi connectivity index (χ2v) is 13.1. The Labute approximate surface area is 271 Å². The number of nitrogens with one attached hydrogen (secondary N) is 1. The third-order valence-corrected chi connectivity index (χ3v) is 10.3. The van der Waals surface area contributed by atoms with Crippen molar-refractivity contribution in [1.29, 1.82) is 0 Å². The van der Waals surface area contributed by atoms with E-state index in [0.717, 1.165) is 64.7 Å². The molecule has 0 saturated carbocycles. The number of ether oxygens (including phenoxy) is 2. The van der Waals surface area contributed by atoms with Gasteiger partial charge >= 0.3 is 0 Å². The molecule has 2 aliphatic heterocycles. The topological polar surface area (TPSA) is 76.6 Å². The molecule has 0 bridgehead atoms. The summed E-state index contributed by atoms with van der Waals surface area (Å²) in [7, 11) is 1.50. The Bertz CT molecular complexity index is 2010.